The number of alkyl halides is 3. The molecule has 0 aliphatic carbocycles. The van der Waals surface area contributed by atoms with Crippen molar-refractivity contribution in [3.63, 3.8) is 0 Å². The Morgan fingerprint density at radius 3 is 2.08 bits per heavy atom. The molecule has 0 nitrogen and oxygen atoms in total. The lowest BCUT2D eigenvalue weighted by molar-refractivity contribution is -0.0887. The standard InChI is InChI=1S/C9H10ClF3/c1-3-5-6-8(10)7(4-2)9(11,12)13/h3-6H,1-2H3/b5-3+,7-4+,8-6+. The molecule has 0 bridgehead atoms. The maximum atomic E-state index is 12.2. The third kappa shape index (κ3) is 4.18. The molecule has 0 radical (unpaired) electrons. The zero-order chi connectivity index (χ0) is 10.5. The molecule has 0 atom stereocenters. The minimum atomic E-state index is -4.39. The summed E-state index contributed by atoms with van der Waals surface area (Å²) in [5.41, 5.74) is -0.813. The van der Waals surface area contributed by atoms with Crippen molar-refractivity contribution >= 4 is 11.6 Å². The Bertz CT molecular complexity index is 246. The van der Waals surface area contributed by atoms with Crippen LogP contribution in [0.15, 0.2) is 34.9 Å². The van der Waals surface area contributed by atoms with Crippen LogP contribution in [0.2, 0.25) is 0 Å². The van der Waals surface area contributed by atoms with Crippen LogP contribution in [0.25, 0.3) is 0 Å². The normalized spacial score (nSPS) is 15.5. The predicted octanol–water partition coefficient (Wildman–Crippen LogP) is 4.19. The van der Waals surface area contributed by atoms with E-state index in [1.807, 2.05) is 0 Å². The third-order valence-corrected chi connectivity index (χ3v) is 1.62. The lowest BCUT2D eigenvalue weighted by Crippen LogP contribution is -2.11. The van der Waals surface area contributed by atoms with Gasteiger partial charge in [-0.2, -0.15) is 13.2 Å². The molecule has 0 aromatic rings. The SMILES string of the molecule is C\C=C(/C(Cl)=C\C=C\C)C(F)(F)F. The number of hydrogen-bond acceptors (Lipinski definition) is 0. The molecule has 0 aromatic heterocycles. The van der Waals surface area contributed by atoms with E-state index in [2.05, 4.69) is 0 Å². The molecule has 0 saturated carbocycles. The molecular formula is C9H10ClF3. The fourth-order valence-corrected chi connectivity index (χ4v) is 0.996. The Balaban J connectivity index is 4.83. The minimum Gasteiger partial charge on any atom is -0.166 e. The summed E-state index contributed by atoms with van der Waals surface area (Å²) in [4.78, 5) is 0. The Morgan fingerprint density at radius 1 is 1.23 bits per heavy atom. The first kappa shape index (κ1) is 12.3. The Morgan fingerprint density at radius 2 is 1.77 bits per heavy atom. The molecule has 13 heavy (non-hydrogen) atoms. The van der Waals surface area contributed by atoms with Crippen molar-refractivity contribution < 1.29 is 13.2 Å². The lowest BCUT2D eigenvalue weighted by Gasteiger charge is -2.09. The Labute approximate surface area is 80.4 Å². The average molecular weight is 211 g/mol. The van der Waals surface area contributed by atoms with Gasteiger partial charge < -0.3 is 0 Å². The molecule has 0 saturated heterocycles. The Kier molecular flexibility index (Phi) is 4.85. The van der Waals surface area contributed by atoms with Crippen LogP contribution in [-0.2, 0) is 0 Å². The quantitative estimate of drug-likeness (QED) is 0.600. The molecule has 0 aliphatic heterocycles. The van der Waals surface area contributed by atoms with Crippen molar-refractivity contribution in [1.29, 1.82) is 0 Å². The maximum Gasteiger partial charge on any atom is 0.417 e. The number of halogens is 4. The van der Waals surface area contributed by atoms with Gasteiger partial charge in [0.05, 0.1) is 10.6 Å². The van der Waals surface area contributed by atoms with E-state index in [4.69, 9.17) is 11.6 Å². The van der Waals surface area contributed by atoms with E-state index >= 15 is 0 Å². The molecule has 0 N–H and O–H groups in total. The summed E-state index contributed by atoms with van der Waals surface area (Å²) in [6.45, 7) is 3.00. The molecule has 0 unspecified atom stereocenters. The van der Waals surface area contributed by atoms with Crippen molar-refractivity contribution in [2.24, 2.45) is 0 Å². The fourth-order valence-electron chi connectivity index (χ4n) is 0.707. The zero-order valence-electron chi connectivity index (χ0n) is 7.32. The zero-order valence-corrected chi connectivity index (χ0v) is 8.08. The van der Waals surface area contributed by atoms with E-state index in [-0.39, 0.29) is 5.03 Å². The van der Waals surface area contributed by atoms with E-state index in [9.17, 15) is 13.2 Å². The van der Waals surface area contributed by atoms with E-state index in [0.29, 0.717) is 0 Å². The van der Waals surface area contributed by atoms with Crippen molar-refractivity contribution in [3.05, 3.63) is 34.9 Å². The van der Waals surface area contributed by atoms with Crippen molar-refractivity contribution in [2.75, 3.05) is 0 Å². The first-order chi connectivity index (χ1) is 5.93. The highest BCUT2D eigenvalue weighted by Crippen LogP contribution is 2.32. The second-order valence-electron chi connectivity index (χ2n) is 2.24. The summed E-state index contributed by atoms with van der Waals surface area (Å²) in [7, 11) is 0. The van der Waals surface area contributed by atoms with Gasteiger partial charge in [-0.1, -0.05) is 29.8 Å². The molecule has 0 spiro atoms. The lowest BCUT2D eigenvalue weighted by atomic mass is 10.2. The summed E-state index contributed by atoms with van der Waals surface area (Å²) in [5, 5.41) is -0.298. The van der Waals surface area contributed by atoms with Crippen LogP contribution in [0.5, 0.6) is 0 Å². The first-order valence-corrected chi connectivity index (χ1v) is 4.03. The predicted molar refractivity (Wildman–Crippen MR) is 48.6 cm³/mol. The number of allylic oxidation sites excluding steroid dienone is 6. The summed E-state index contributed by atoms with van der Waals surface area (Å²) in [6, 6.07) is 0. The first-order valence-electron chi connectivity index (χ1n) is 3.65. The average Bonchev–Trinajstić information content (AvgIpc) is 1.99. The summed E-state index contributed by atoms with van der Waals surface area (Å²) in [5.74, 6) is 0. The third-order valence-electron chi connectivity index (χ3n) is 1.29. The van der Waals surface area contributed by atoms with Crippen LogP contribution in [0.3, 0.4) is 0 Å². The largest absolute Gasteiger partial charge is 0.417 e. The van der Waals surface area contributed by atoms with Crippen molar-refractivity contribution in [3.8, 4) is 0 Å². The molecule has 0 aliphatic rings. The number of rotatable bonds is 2. The van der Waals surface area contributed by atoms with Crippen LogP contribution < -0.4 is 0 Å². The van der Waals surface area contributed by atoms with E-state index in [1.54, 1.807) is 13.0 Å². The molecule has 0 amide bonds. The van der Waals surface area contributed by atoms with Gasteiger partial charge in [0.1, 0.15) is 0 Å². The van der Waals surface area contributed by atoms with Gasteiger partial charge in [-0.3, -0.25) is 0 Å². The van der Waals surface area contributed by atoms with E-state index < -0.39 is 11.7 Å². The second kappa shape index (κ2) is 5.12. The minimum absolute atomic E-state index is 0.298. The molecule has 74 valence electrons. The second-order valence-corrected chi connectivity index (χ2v) is 2.65. The van der Waals surface area contributed by atoms with Gasteiger partial charge in [0.25, 0.3) is 0 Å². The van der Waals surface area contributed by atoms with E-state index in [1.165, 1.54) is 19.1 Å². The van der Waals surface area contributed by atoms with E-state index in [0.717, 1.165) is 6.08 Å². The van der Waals surface area contributed by atoms with Crippen LogP contribution in [-0.4, -0.2) is 6.18 Å². The van der Waals surface area contributed by atoms with Crippen molar-refractivity contribution in [2.45, 2.75) is 20.0 Å². The highest BCUT2D eigenvalue weighted by Gasteiger charge is 2.34. The van der Waals surface area contributed by atoms with Gasteiger partial charge in [0.15, 0.2) is 0 Å². The maximum absolute atomic E-state index is 12.2. The van der Waals surface area contributed by atoms with Crippen LogP contribution in [0, 0.1) is 0 Å². The molecule has 0 rings (SSSR count). The van der Waals surface area contributed by atoms with Gasteiger partial charge >= 0.3 is 6.18 Å². The van der Waals surface area contributed by atoms with Gasteiger partial charge in [0, 0.05) is 0 Å². The number of hydrogen-bond donors (Lipinski definition) is 0. The van der Waals surface area contributed by atoms with Crippen LogP contribution >= 0.6 is 11.6 Å². The molecule has 0 aromatic carbocycles. The summed E-state index contributed by atoms with van der Waals surface area (Å²) in [6.07, 6.45) is 0.834. The van der Waals surface area contributed by atoms with Gasteiger partial charge in [-0.25, -0.2) is 0 Å². The van der Waals surface area contributed by atoms with Crippen molar-refractivity contribution in [1.82, 2.24) is 0 Å². The van der Waals surface area contributed by atoms with Crippen LogP contribution in [0.1, 0.15) is 13.8 Å². The molecular weight excluding hydrogens is 201 g/mol. The molecule has 0 fully saturated rings. The van der Waals surface area contributed by atoms with Gasteiger partial charge in [-0.15, -0.1) is 0 Å². The van der Waals surface area contributed by atoms with Gasteiger partial charge in [-0.05, 0) is 19.9 Å². The molecule has 4 heteroatoms. The fraction of sp³-hybridized carbons (Fsp3) is 0.333. The highest BCUT2D eigenvalue weighted by atomic mass is 35.5. The highest BCUT2D eigenvalue weighted by molar-refractivity contribution is 6.32. The monoisotopic (exact) mass is 210 g/mol. The topological polar surface area (TPSA) is 0 Å². The summed E-state index contributed by atoms with van der Waals surface area (Å²) < 4.78 is 36.5. The van der Waals surface area contributed by atoms with Crippen LogP contribution in [0.4, 0.5) is 13.2 Å². The Hall–Kier alpha value is -0.700. The smallest absolute Gasteiger partial charge is 0.166 e. The van der Waals surface area contributed by atoms with Gasteiger partial charge in [0.2, 0.25) is 0 Å². The molecule has 0 heterocycles. The summed E-state index contributed by atoms with van der Waals surface area (Å²) >= 11 is 5.43.